The number of nitrogens with zero attached hydrogens (tertiary/aromatic N) is 3. The van der Waals surface area contributed by atoms with Crippen molar-refractivity contribution in [3.63, 3.8) is 0 Å². The molecule has 6 heteroatoms. The number of hydrogen-bond donors (Lipinski definition) is 2. The monoisotopic (exact) mass is 473 g/mol. The minimum atomic E-state index is 0. The van der Waals surface area contributed by atoms with Gasteiger partial charge in [0, 0.05) is 44.6 Å². The fraction of sp³-hybridized carbons (Fsp3) is 0.700. The highest BCUT2D eigenvalue weighted by Crippen LogP contribution is 2.11. The second-order valence-corrected chi connectivity index (χ2v) is 6.93. The molecule has 1 fully saturated rings. The van der Waals surface area contributed by atoms with E-state index in [0.717, 1.165) is 25.5 Å². The van der Waals surface area contributed by atoms with Crippen LogP contribution >= 0.6 is 24.0 Å². The van der Waals surface area contributed by atoms with Crippen LogP contribution in [0.25, 0.3) is 0 Å². The lowest BCUT2D eigenvalue weighted by Crippen LogP contribution is -2.48. The molecule has 0 aromatic carbocycles. The van der Waals surface area contributed by atoms with E-state index >= 15 is 0 Å². The zero-order valence-electron chi connectivity index (χ0n) is 16.6. The Hall–Kier alpha value is -0.890. The van der Waals surface area contributed by atoms with Crippen molar-refractivity contribution in [2.45, 2.75) is 58.9 Å². The van der Waals surface area contributed by atoms with Gasteiger partial charge in [-0.15, -0.1) is 24.0 Å². The summed E-state index contributed by atoms with van der Waals surface area (Å²) in [5, 5.41) is 7.02. The van der Waals surface area contributed by atoms with Crippen LogP contribution in [0.2, 0.25) is 0 Å². The van der Waals surface area contributed by atoms with Crippen molar-refractivity contribution >= 4 is 29.9 Å². The Morgan fingerprint density at radius 3 is 2.73 bits per heavy atom. The molecule has 2 rings (SSSR count). The lowest BCUT2D eigenvalue weighted by atomic mass is 10.0. The molecule has 0 saturated carbocycles. The van der Waals surface area contributed by atoms with Gasteiger partial charge in [0.2, 0.25) is 0 Å². The van der Waals surface area contributed by atoms with Crippen molar-refractivity contribution in [3.05, 3.63) is 29.6 Å². The topological polar surface area (TPSA) is 52.5 Å². The Morgan fingerprint density at radius 2 is 2.08 bits per heavy atom. The molecule has 0 unspecified atom stereocenters. The van der Waals surface area contributed by atoms with E-state index in [2.05, 4.69) is 47.4 Å². The van der Waals surface area contributed by atoms with Crippen LogP contribution < -0.4 is 10.6 Å². The predicted molar refractivity (Wildman–Crippen MR) is 122 cm³/mol. The maximum atomic E-state index is 4.77. The van der Waals surface area contributed by atoms with E-state index in [1.165, 1.54) is 56.4 Å². The van der Waals surface area contributed by atoms with Gasteiger partial charge in [0.25, 0.3) is 0 Å². The van der Waals surface area contributed by atoms with Gasteiger partial charge in [-0.3, -0.25) is 9.98 Å². The molecule has 2 N–H and O–H groups in total. The Morgan fingerprint density at radius 1 is 1.31 bits per heavy atom. The molecule has 0 atom stereocenters. The predicted octanol–water partition coefficient (Wildman–Crippen LogP) is 3.37. The summed E-state index contributed by atoms with van der Waals surface area (Å²) in [6.07, 6.45) is 9.76. The molecule has 1 saturated heterocycles. The van der Waals surface area contributed by atoms with E-state index < -0.39 is 0 Å². The molecule has 0 amide bonds. The summed E-state index contributed by atoms with van der Waals surface area (Å²) in [7, 11) is 0. The van der Waals surface area contributed by atoms with Gasteiger partial charge in [-0.1, -0.05) is 13.3 Å². The third kappa shape index (κ3) is 8.20. The number of guanidine groups is 1. The van der Waals surface area contributed by atoms with E-state index in [0.29, 0.717) is 6.04 Å². The van der Waals surface area contributed by atoms with Crippen molar-refractivity contribution in [2.75, 3.05) is 32.7 Å². The molecule has 5 nitrogen and oxygen atoms in total. The molecule has 1 aliphatic heterocycles. The normalized spacial score (nSPS) is 16.2. The molecular formula is C20H36IN5. The van der Waals surface area contributed by atoms with E-state index in [-0.39, 0.29) is 24.0 Å². The van der Waals surface area contributed by atoms with Crippen molar-refractivity contribution < 1.29 is 0 Å². The molecule has 2 heterocycles. The fourth-order valence-electron chi connectivity index (χ4n) is 3.27. The number of likely N-dealkylation sites (tertiary alicyclic amines) is 1. The summed E-state index contributed by atoms with van der Waals surface area (Å²) in [5.41, 5.74) is 2.58. The number of piperidine rings is 1. The number of unbranched alkanes of at least 4 members (excludes halogenated alkanes) is 1. The molecule has 1 aromatic heterocycles. The van der Waals surface area contributed by atoms with Gasteiger partial charge in [-0.05, 0) is 63.3 Å². The molecule has 0 bridgehead atoms. The first-order valence-electron chi connectivity index (χ1n) is 9.89. The van der Waals surface area contributed by atoms with Crippen LogP contribution in [0, 0.1) is 6.92 Å². The van der Waals surface area contributed by atoms with Gasteiger partial charge in [-0.2, -0.15) is 0 Å². The molecule has 148 valence electrons. The Bertz CT molecular complexity index is 527. The summed E-state index contributed by atoms with van der Waals surface area (Å²) in [6, 6.07) is 2.63. The lowest BCUT2D eigenvalue weighted by Gasteiger charge is -2.33. The minimum Gasteiger partial charge on any atom is -0.357 e. The highest BCUT2D eigenvalue weighted by molar-refractivity contribution is 14.0. The third-order valence-electron chi connectivity index (χ3n) is 4.89. The first kappa shape index (κ1) is 23.1. The summed E-state index contributed by atoms with van der Waals surface area (Å²) < 4.78 is 0. The highest BCUT2D eigenvalue weighted by atomic mass is 127. The van der Waals surface area contributed by atoms with Crippen molar-refractivity contribution in [2.24, 2.45) is 4.99 Å². The zero-order chi connectivity index (χ0) is 17.9. The number of aliphatic imine (C=N–C) groups is 1. The van der Waals surface area contributed by atoms with Gasteiger partial charge >= 0.3 is 0 Å². The van der Waals surface area contributed by atoms with E-state index in [1.807, 2.05) is 12.4 Å². The van der Waals surface area contributed by atoms with Gasteiger partial charge in [0.05, 0.1) is 0 Å². The summed E-state index contributed by atoms with van der Waals surface area (Å²) in [6.45, 7) is 11.9. The van der Waals surface area contributed by atoms with Crippen LogP contribution in [0.15, 0.2) is 23.5 Å². The number of pyridine rings is 1. The van der Waals surface area contributed by atoms with Crippen molar-refractivity contribution in [3.8, 4) is 0 Å². The smallest absolute Gasteiger partial charge is 0.191 e. The van der Waals surface area contributed by atoms with Crippen LogP contribution in [-0.2, 0) is 6.42 Å². The molecule has 0 radical (unpaired) electrons. The molecular weight excluding hydrogens is 437 g/mol. The molecule has 1 aliphatic rings. The van der Waals surface area contributed by atoms with Crippen molar-refractivity contribution in [1.29, 1.82) is 0 Å². The zero-order valence-corrected chi connectivity index (χ0v) is 19.0. The van der Waals surface area contributed by atoms with Crippen LogP contribution in [0.3, 0.4) is 0 Å². The number of aryl methyl sites for hydroxylation is 1. The number of halogens is 1. The number of rotatable bonds is 8. The summed E-state index contributed by atoms with van der Waals surface area (Å²) >= 11 is 0. The average molecular weight is 473 g/mol. The van der Waals surface area contributed by atoms with Crippen LogP contribution in [-0.4, -0.2) is 54.6 Å². The Labute approximate surface area is 176 Å². The molecule has 26 heavy (non-hydrogen) atoms. The van der Waals surface area contributed by atoms with Gasteiger partial charge in [0.1, 0.15) is 0 Å². The average Bonchev–Trinajstić information content (AvgIpc) is 2.63. The third-order valence-corrected chi connectivity index (χ3v) is 4.89. The standard InChI is InChI=1S/C20H35N5.HI/c1-4-6-13-25-14-9-19(10-15-25)24-20(22-5-2)23-12-8-18-7-11-21-16-17(18)3;/h7,11,16,19H,4-6,8-10,12-15H2,1-3H3,(H2,22,23,24);1H. The quantitative estimate of drug-likeness (QED) is 0.346. The molecule has 0 spiro atoms. The highest BCUT2D eigenvalue weighted by Gasteiger charge is 2.19. The first-order valence-corrected chi connectivity index (χ1v) is 9.89. The van der Waals surface area contributed by atoms with E-state index in [1.54, 1.807) is 0 Å². The van der Waals surface area contributed by atoms with Crippen LogP contribution in [0.4, 0.5) is 0 Å². The molecule has 1 aromatic rings. The largest absolute Gasteiger partial charge is 0.357 e. The maximum Gasteiger partial charge on any atom is 0.191 e. The lowest BCUT2D eigenvalue weighted by molar-refractivity contribution is 0.203. The van der Waals surface area contributed by atoms with Gasteiger partial charge < -0.3 is 15.5 Å². The Kier molecular flexibility index (Phi) is 11.8. The number of aromatic nitrogens is 1. The second-order valence-electron chi connectivity index (χ2n) is 6.93. The summed E-state index contributed by atoms with van der Waals surface area (Å²) in [5.74, 6) is 0.959. The summed E-state index contributed by atoms with van der Waals surface area (Å²) in [4.78, 5) is 11.5. The minimum absolute atomic E-state index is 0. The number of hydrogen-bond acceptors (Lipinski definition) is 3. The first-order chi connectivity index (χ1) is 12.2. The van der Waals surface area contributed by atoms with Gasteiger partial charge in [-0.25, -0.2) is 0 Å². The number of nitrogens with one attached hydrogen (secondary N) is 2. The van der Waals surface area contributed by atoms with Crippen molar-refractivity contribution in [1.82, 2.24) is 20.5 Å². The SMILES string of the molecule is CCCCN1CCC(NC(=NCCc2ccncc2C)NCC)CC1.I. The Balaban J connectivity index is 0.00000338. The van der Waals surface area contributed by atoms with Gasteiger partial charge in [0.15, 0.2) is 5.96 Å². The van der Waals surface area contributed by atoms with E-state index in [4.69, 9.17) is 4.99 Å². The maximum absolute atomic E-state index is 4.77. The fourth-order valence-corrected chi connectivity index (χ4v) is 3.27. The van der Waals surface area contributed by atoms with Crippen LogP contribution in [0.5, 0.6) is 0 Å². The van der Waals surface area contributed by atoms with Crippen LogP contribution in [0.1, 0.15) is 50.7 Å². The van der Waals surface area contributed by atoms with E-state index in [9.17, 15) is 0 Å². The second kappa shape index (κ2) is 13.3. The molecule has 0 aliphatic carbocycles.